The molecule has 2 heterocycles. The lowest BCUT2D eigenvalue weighted by Crippen LogP contribution is -2.25. The first kappa shape index (κ1) is 19.2. The molecule has 0 spiro atoms. The maximum absolute atomic E-state index is 13.0. The Hall–Kier alpha value is -3.15. The first-order valence-corrected chi connectivity index (χ1v) is 10.1. The van der Waals surface area contributed by atoms with Gasteiger partial charge in [-0.05, 0) is 58.2 Å². The first-order chi connectivity index (χ1) is 14.0. The van der Waals surface area contributed by atoms with Gasteiger partial charge in [0.1, 0.15) is 0 Å². The molecule has 0 atom stereocenters. The molecule has 0 aliphatic heterocycles. The maximum atomic E-state index is 13.0. The van der Waals surface area contributed by atoms with Crippen molar-refractivity contribution in [2.75, 3.05) is 0 Å². The van der Waals surface area contributed by atoms with E-state index in [4.69, 9.17) is 4.74 Å². The molecular weight excluding hydrogens is 364 g/mol. The highest BCUT2D eigenvalue weighted by Gasteiger charge is 2.27. The number of hydrogen-bond acceptors (Lipinski definition) is 4. The molecule has 6 heteroatoms. The van der Waals surface area contributed by atoms with Gasteiger partial charge in [-0.2, -0.15) is 5.10 Å². The molecule has 3 aromatic rings. The summed E-state index contributed by atoms with van der Waals surface area (Å²) in [5, 5.41) is 7.67. The van der Waals surface area contributed by atoms with Crippen molar-refractivity contribution >= 4 is 5.91 Å². The van der Waals surface area contributed by atoms with Crippen molar-refractivity contribution in [2.24, 2.45) is 0 Å². The third kappa shape index (κ3) is 4.01. The molecule has 4 rings (SSSR count). The average molecular weight is 390 g/mol. The van der Waals surface area contributed by atoms with E-state index in [9.17, 15) is 4.79 Å². The van der Waals surface area contributed by atoms with Crippen molar-refractivity contribution in [2.45, 2.75) is 52.7 Å². The summed E-state index contributed by atoms with van der Waals surface area (Å²) in [5.74, 6) is 0.395. The fourth-order valence-electron chi connectivity index (χ4n) is 3.67. The summed E-state index contributed by atoms with van der Waals surface area (Å²) >= 11 is 0. The van der Waals surface area contributed by atoms with Gasteiger partial charge in [-0.3, -0.25) is 4.79 Å². The zero-order valence-electron chi connectivity index (χ0n) is 17.1. The van der Waals surface area contributed by atoms with Gasteiger partial charge in [0.05, 0.1) is 11.8 Å². The lowest BCUT2D eigenvalue weighted by molar-refractivity contribution is 0.0944. The highest BCUT2D eigenvalue weighted by atomic mass is 16.5. The molecule has 0 bridgehead atoms. The second kappa shape index (κ2) is 8.07. The van der Waals surface area contributed by atoms with Crippen LogP contribution in [0.2, 0.25) is 0 Å². The van der Waals surface area contributed by atoms with Crippen LogP contribution < -0.4 is 10.1 Å². The topological polar surface area (TPSA) is 69.0 Å². The molecule has 0 fully saturated rings. The van der Waals surface area contributed by atoms with E-state index in [1.165, 1.54) is 5.56 Å². The second-order valence-electron chi connectivity index (χ2n) is 7.69. The Morgan fingerprint density at radius 3 is 2.76 bits per heavy atom. The number of nitrogens with one attached hydrogen (secondary N) is 1. The predicted molar refractivity (Wildman–Crippen MR) is 111 cm³/mol. The Morgan fingerprint density at radius 1 is 1.21 bits per heavy atom. The highest BCUT2D eigenvalue weighted by molar-refractivity contribution is 5.94. The van der Waals surface area contributed by atoms with Crippen molar-refractivity contribution in [3.05, 3.63) is 70.7 Å². The van der Waals surface area contributed by atoms with Crippen LogP contribution in [0.3, 0.4) is 0 Å². The van der Waals surface area contributed by atoms with E-state index in [1.807, 2.05) is 42.8 Å². The number of carbonyl (C=O) groups excluding carboxylic acids is 1. The molecule has 1 aliphatic rings. The lowest BCUT2D eigenvalue weighted by Gasteiger charge is -2.13. The number of rotatable bonds is 6. The predicted octanol–water partition coefficient (Wildman–Crippen LogP) is 3.78. The van der Waals surface area contributed by atoms with Crippen LogP contribution in [-0.2, 0) is 19.4 Å². The number of aromatic nitrogens is 3. The fraction of sp³-hybridized carbons (Fsp3) is 0.348. The van der Waals surface area contributed by atoms with E-state index in [-0.39, 0.29) is 12.0 Å². The summed E-state index contributed by atoms with van der Waals surface area (Å²) in [7, 11) is 0. The Kier molecular flexibility index (Phi) is 5.34. The van der Waals surface area contributed by atoms with E-state index in [2.05, 4.69) is 34.5 Å². The summed E-state index contributed by atoms with van der Waals surface area (Å²) < 4.78 is 7.67. The van der Waals surface area contributed by atoms with Crippen molar-refractivity contribution < 1.29 is 9.53 Å². The third-order valence-electron chi connectivity index (χ3n) is 5.06. The zero-order chi connectivity index (χ0) is 20.4. The van der Waals surface area contributed by atoms with E-state index >= 15 is 0 Å². The molecule has 2 aromatic heterocycles. The van der Waals surface area contributed by atoms with Gasteiger partial charge in [0.25, 0.3) is 5.91 Å². The molecule has 0 radical (unpaired) electrons. The number of hydrogen-bond donors (Lipinski definition) is 1. The van der Waals surface area contributed by atoms with Gasteiger partial charge in [-0.15, -0.1) is 0 Å². The summed E-state index contributed by atoms with van der Waals surface area (Å²) in [5.41, 5.74) is 5.77. The van der Waals surface area contributed by atoms with Crippen LogP contribution in [0.5, 0.6) is 5.88 Å². The van der Waals surface area contributed by atoms with Crippen LogP contribution in [0.1, 0.15) is 53.1 Å². The van der Waals surface area contributed by atoms with Crippen molar-refractivity contribution in [1.82, 2.24) is 20.1 Å². The monoisotopic (exact) mass is 390 g/mol. The van der Waals surface area contributed by atoms with Gasteiger partial charge in [0.2, 0.25) is 5.88 Å². The van der Waals surface area contributed by atoms with Crippen LogP contribution in [0.4, 0.5) is 0 Å². The Morgan fingerprint density at radius 2 is 2.00 bits per heavy atom. The Labute approximate surface area is 170 Å². The smallest absolute Gasteiger partial charge is 0.272 e. The van der Waals surface area contributed by atoms with Crippen molar-refractivity contribution in [3.63, 3.8) is 0 Å². The highest BCUT2D eigenvalue weighted by Crippen LogP contribution is 2.28. The minimum absolute atomic E-state index is 0.0211. The SMILES string of the molecule is Cc1ccc(-n2nc(C(=O)NCc3cccnc3OC(C)C)c3c2CCC3)cc1. The van der Waals surface area contributed by atoms with Gasteiger partial charge in [-0.25, -0.2) is 9.67 Å². The molecule has 1 N–H and O–H groups in total. The lowest BCUT2D eigenvalue weighted by atomic mass is 10.2. The largest absolute Gasteiger partial charge is 0.475 e. The van der Waals surface area contributed by atoms with E-state index in [1.54, 1.807) is 6.20 Å². The zero-order valence-corrected chi connectivity index (χ0v) is 17.1. The molecule has 0 saturated carbocycles. The number of ether oxygens (including phenoxy) is 1. The second-order valence-corrected chi connectivity index (χ2v) is 7.69. The van der Waals surface area contributed by atoms with E-state index in [0.717, 1.165) is 41.8 Å². The van der Waals surface area contributed by atoms with Crippen LogP contribution in [-0.4, -0.2) is 26.8 Å². The molecule has 0 saturated heterocycles. The minimum atomic E-state index is -0.159. The molecule has 29 heavy (non-hydrogen) atoms. The van der Waals surface area contributed by atoms with Crippen LogP contribution in [0, 0.1) is 6.92 Å². The number of fused-ring (bicyclic) bond motifs is 1. The average Bonchev–Trinajstić information content (AvgIpc) is 3.30. The maximum Gasteiger partial charge on any atom is 0.272 e. The fourth-order valence-corrected chi connectivity index (χ4v) is 3.67. The van der Waals surface area contributed by atoms with Crippen molar-refractivity contribution in [3.8, 4) is 11.6 Å². The molecule has 0 unspecified atom stereocenters. The number of nitrogens with zero attached hydrogens (tertiary/aromatic N) is 3. The summed E-state index contributed by atoms with van der Waals surface area (Å²) in [6.45, 7) is 6.32. The van der Waals surface area contributed by atoms with Gasteiger partial charge in [-0.1, -0.05) is 23.8 Å². The van der Waals surface area contributed by atoms with Crippen molar-refractivity contribution in [1.29, 1.82) is 0 Å². The van der Waals surface area contributed by atoms with E-state index < -0.39 is 0 Å². The van der Waals surface area contributed by atoms with Crippen LogP contribution >= 0.6 is 0 Å². The normalized spacial score (nSPS) is 12.8. The number of amides is 1. The van der Waals surface area contributed by atoms with Gasteiger partial charge in [0, 0.05) is 29.6 Å². The summed E-state index contributed by atoms with van der Waals surface area (Å²) in [6, 6.07) is 12.0. The molecular formula is C23H26N4O2. The summed E-state index contributed by atoms with van der Waals surface area (Å²) in [6.07, 6.45) is 4.60. The molecule has 1 aliphatic carbocycles. The molecule has 1 aromatic carbocycles. The molecule has 1 amide bonds. The summed E-state index contributed by atoms with van der Waals surface area (Å²) in [4.78, 5) is 17.2. The minimum Gasteiger partial charge on any atom is -0.475 e. The quantitative estimate of drug-likeness (QED) is 0.695. The number of benzene rings is 1. The van der Waals surface area contributed by atoms with Crippen LogP contribution in [0.25, 0.3) is 5.69 Å². The molecule has 150 valence electrons. The Bertz CT molecular complexity index is 1020. The van der Waals surface area contributed by atoms with E-state index in [0.29, 0.717) is 18.1 Å². The van der Waals surface area contributed by atoms with Gasteiger partial charge >= 0.3 is 0 Å². The number of pyridine rings is 1. The molecule has 6 nitrogen and oxygen atoms in total. The Balaban J connectivity index is 1.56. The first-order valence-electron chi connectivity index (χ1n) is 10.1. The van der Waals surface area contributed by atoms with Gasteiger partial charge in [0.15, 0.2) is 5.69 Å². The third-order valence-corrected chi connectivity index (χ3v) is 5.06. The number of carbonyl (C=O) groups is 1. The van der Waals surface area contributed by atoms with Crippen LogP contribution in [0.15, 0.2) is 42.6 Å². The number of aryl methyl sites for hydroxylation is 1. The van der Waals surface area contributed by atoms with Gasteiger partial charge < -0.3 is 10.1 Å². The standard InChI is InChI=1S/C23H26N4O2/c1-15(2)29-23-17(6-5-13-24-23)14-25-22(28)21-19-7-4-8-20(19)27(26-21)18-11-9-16(3)10-12-18/h5-6,9-13,15H,4,7-8,14H2,1-3H3,(H,25,28).